The Morgan fingerprint density at radius 3 is 2.65 bits per heavy atom. The molecule has 4 heteroatoms. The summed E-state index contributed by atoms with van der Waals surface area (Å²) in [5, 5.41) is 2.93. The minimum Gasteiger partial charge on any atom is -0.321 e. The number of carbonyl (C=O) groups is 2. The fourth-order valence-electron chi connectivity index (χ4n) is 3.43. The number of amides is 2. The Hall–Kier alpha value is -1.84. The number of para-hydroxylation sites is 1. The molecule has 0 aromatic heterocycles. The van der Waals surface area contributed by atoms with Crippen LogP contribution >= 0.6 is 0 Å². The van der Waals surface area contributed by atoms with Gasteiger partial charge in [0.1, 0.15) is 5.78 Å². The summed E-state index contributed by atoms with van der Waals surface area (Å²) in [6, 6.07) is 9.51. The highest BCUT2D eigenvalue weighted by molar-refractivity contribution is 5.91. The molecule has 20 heavy (non-hydrogen) atoms. The van der Waals surface area contributed by atoms with Gasteiger partial charge in [0, 0.05) is 30.6 Å². The van der Waals surface area contributed by atoms with Crippen LogP contribution in [0.4, 0.5) is 10.5 Å². The van der Waals surface area contributed by atoms with E-state index in [2.05, 4.69) is 5.32 Å². The summed E-state index contributed by atoms with van der Waals surface area (Å²) < 4.78 is 0. The number of urea groups is 1. The van der Waals surface area contributed by atoms with Crippen LogP contribution in [0.3, 0.4) is 0 Å². The molecule has 1 aromatic carbocycles. The highest BCUT2D eigenvalue weighted by atomic mass is 16.2. The van der Waals surface area contributed by atoms with Crippen molar-refractivity contribution in [2.75, 3.05) is 11.9 Å². The van der Waals surface area contributed by atoms with Gasteiger partial charge in [0.2, 0.25) is 0 Å². The molecule has 1 aliphatic heterocycles. The zero-order chi connectivity index (χ0) is 13.9. The van der Waals surface area contributed by atoms with Crippen LogP contribution in [0.2, 0.25) is 0 Å². The lowest BCUT2D eigenvalue weighted by Gasteiger charge is -2.28. The van der Waals surface area contributed by atoms with E-state index >= 15 is 0 Å². The van der Waals surface area contributed by atoms with Crippen molar-refractivity contribution in [1.29, 1.82) is 0 Å². The first kappa shape index (κ1) is 13.2. The highest BCUT2D eigenvalue weighted by Gasteiger charge is 2.40. The molecule has 106 valence electrons. The molecular weight excluding hydrogens is 252 g/mol. The van der Waals surface area contributed by atoms with Gasteiger partial charge in [-0.05, 0) is 37.8 Å². The quantitative estimate of drug-likeness (QED) is 0.899. The lowest BCUT2D eigenvalue weighted by Crippen LogP contribution is -2.43. The van der Waals surface area contributed by atoms with Crippen LogP contribution in [0.5, 0.6) is 0 Å². The number of nitrogens with one attached hydrogen (secondary N) is 1. The molecule has 1 aromatic rings. The molecule has 3 rings (SSSR count). The standard InChI is InChI=1S/C16H20N2O2/c19-15-10-4-8-13(15)14-9-5-11-18(14)16(20)17-12-6-2-1-3-7-12/h1-3,6-7,13-14H,4-5,8-11H2,(H,17,20). The number of benzene rings is 1. The molecule has 0 bridgehead atoms. The third kappa shape index (κ3) is 2.55. The topological polar surface area (TPSA) is 49.4 Å². The number of Topliss-reactive ketones (excluding diaryl/α,β-unsaturated/α-hetero) is 1. The first-order valence-electron chi connectivity index (χ1n) is 7.41. The summed E-state index contributed by atoms with van der Waals surface area (Å²) in [7, 11) is 0. The normalized spacial score (nSPS) is 26.0. The minimum absolute atomic E-state index is 0.0685. The zero-order valence-electron chi connectivity index (χ0n) is 11.5. The van der Waals surface area contributed by atoms with Gasteiger partial charge in [-0.3, -0.25) is 4.79 Å². The van der Waals surface area contributed by atoms with E-state index in [0.717, 1.165) is 37.9 Å². The number of carbonyl (C=O) groups excluding carboxylic acids is 2. The molecule has 1 saturated heterocycles. The minimum atomic E-state index is -0.0709. The maximum atomic E-state index is 12.4. The number of ketones is 1. The predicted molar refractivity (Wildman–Crippen MR) is 77.5 cm³/mol. The average Bonchev–Trinajstić information content (AvgIpc) is 3.07. The molecule has 2 atom stereocenters. The van der Waals surface area contributed by atoms with E-state index < -0.39 is 0 Å². The molecule has 1 N–H and O–H groups in total. The number of hydrogen-bond donors (Lipinski definition) is 1. The maximum Gasteiger partial charge on any atom is 0.322 e. The van der Waals surface area contributed by atoms with Crippen molar-refractivity contribution in [3.8, 4) is 0 Å². The van der Waals surface area contributed by atoms with Crippen molar-refractivity contribution < 1.29 is 9.59 Å². The van der Waals surface area contributed by atoms with Gasteiger partial charge in [0.25, 0.3) is 0 Å². The molecule has 1 heterocycles. The molecule has 2 aliphatic rings. The fourth-order valence-corrected chi connectivity index (χ4v) is 3.43. The van der Waals surface area contributed by atoms with Gasteiger partial charge in [-0.1, -0.05) is 18.2 Å². The maximum absolute atomic E-state index is 12.4. The molecule has 1 aliphatic carbocycles. The van der Waals surface area contributed by atoms with E-state index in [1.807, 2.05) is 35.2 Å². The van der Waals surface area contributed by atoms with Gasteiger partial charge >= 0.3 is 6.03 Å². The van der Waals surface area contributed by atoms with Crippen molar-refractivity contribution >= 4 is 17.5 Å². The summed E-state index contributed by atoms with van der Waals surface area (Å²) in [5.74, 6) is 0.411. The van der Waals surface area contributed by atoms with Gasteiger partial charge in [-0.15, -0.1) is 0 Å². The van der Waals surface area contributed by atoms with Gasteiger partial charge < -0.3 is 10.2 Å². The van der Waals surface area contributed by atoms with Crippen LogP contribution < -0.4 is 5.32 Å². The Balaban J connectivity index is 1.69. The zero-order valence-corrected chi connectivity index (χ0v) is 11.5. The highest BCUT2D eigenvalue weighted by Crippen LogP contribution is 2.33. The SMILES string of the molecule is O=C1CCCC1C1CCCN1C(=O)Nc1ccccc1. The third-order valence-electron chi connectivity index (χ3n) is 4.40. The van der Waals surface area contributed by atoms with Crippen LogP contribution in [0.25, 0.3) is 0 Å². The van der Waals surface area contributed by atoms with Crippen molar-refractivity contribution in [2.45, 2.75) is 38.1 Å². The second kappa shape index (κ2) is 5.65. The molecular formula is C16H20N2O2. The molecule has 4 nitrogen and oxygen atoms in total. The van der Waals surface area contributed by atoms with E-state index in [1.54, 1.807) is 0 Å². The molecule has 0 spiro atoms. The van der Waals surface area contributed by atoms with E-state index in [4.69, 9.17) is 0 Å². The first-order valence-corrected chi connectivity index (χ1v) is 7.41. The molecule has 0 radical (unpaired) electrons. The number of hydrogen-bond acceptors (Lipinski definition) is 2. The molecule has 2 fully saturated rings. The van der Waals surface area contributed by atoms with E-state index in [-0.39, 0.29) is 18.0 Å². The number of rotatable bonds is 2. The van der Waals surface area contributed by atoms with E-state index in [1.165, 1.54) is 0 Å². The average molecular weight is 272 g/mol. The van der Waals surface area contributed by atoms with Crippen LogP contribution in [0.1, 0.15) is 32.1 Å². The second-order valence-corrected chi connectivity index (χ2v) is 5.66. The lowest BCUT2D eigenvalue weighted by atomic mass is 9.95. The van der Waals surface area contributed by atoms with Gasteiger partial charge in [-0.25, -0.2) is 4.79 Å². The summed E-state index contributed by atoms with van der Waals surface area (Å²) >= 11 is 0. The van der Waals surface area contributed by atoms with Gasteiger partial charge in [0.15, 0.2) is 0 Å². The molecule has 2 unspecified atom stereocenters. The van der Waals surface area contributed by atoms with Gasteiger partial charge in [0.05, 0.1) is 0 Å². The van der Waals surface area contributed by atoms with Crippen molar-refractivity contribution in [3.63, 3.8) is 0 Å². The Labute approximate surface area is 119 Å². The number of nitrogens with zero attached hydrogens (tertiary/aromatic N) is 1. The Kier molecular flexibility index (Phi) is 3.72. The number of anilines is 1. The van der Waals surface area contributed by atoms with E-state index in [9.17, 15) is 9.59 Å². The summed E-state index contributed by atoms with van der Waals surface area (Å²) in [4.78, 5) is 26.2. The smallest absolute Gasteiger partial charge is 0.321 e. The lowest BCUT2D eigenvalue weighted by molar-refractivity contribution is -0.121. The summed E-state index contributed by atoms with van der Waals surface area (Å²) in [6.45, 7) is 0.757. The molecule has 2 amide bonds. The van der Waals surface area contributed by atoms with E-state index in [0.29, 0.717) is 12.2 Å². The first-order chi connectivity index (χ1) is 9.75. The monoisotopic (exact) mass is 272 g/mol. The Morgan fingerprint density at radius 1 is 1.15 bits per heavy atom. The van der Waals surface area contributed by atoms with Crippen LogP contribution in [-0.4, -0.2) is 29.3 Å². The largest absolute Gasteiger partial charge is 0.322 e. The van der Waals surface area contributed by atoms with Crippen LogP contribution in [-0.2, 0) is 4.79 Å². The summed E-state index contributed by atoms with van der Waals surface area (Å²) in [6.07, 6.45) is 4.57. The predicted octanol–water partition coefficient (Wildman–Crippen LogP) is 3.05. The fraction of sp³-hybridized carbons (Fsp3) is 0.500. The summed E-state index contributed by atoms with van der Waals surface area (Å²) in [5.41, 5.74) is 0.806. The van der Waals surface area contributed by atoms with Gasteiger partial charge in [-0.2, -0.15) is 0 Å². The van der Waals surface area contributed by atoms with Crippen molar-refractivity contribution in [2.24, 2.45) is 5.92 Å². The van der Waals surface area contributed by atoms with Crippen LogP contribution in [0, 0.1) is 5.92 Å². The van der Waals surface area contributed by atoms with Crippen molar-refractivity contribution in [1.82, 2.24) is 4.90 Å². The van der Waals surface area contributed by atoms with Crippen LogP contribution in [0.15, 0.2) is 30.3 Å². The Bertz CT molecular complexity index is 500. The molecule has 1 saturated carbocycles. The third-order valence-corrected chi connectivity index (χ3v) is 4.40. The van der Waals surface area contributed by atoms with Crippen molar-refractivity contribution in [3.05, 3.63) is 30.3 Å². The number of likely N-dealkylation sites (tertiary alicyclic amines) is 1. The Morgan fingerprint density at radius 2 is 1.95 bits per heavy atom. The second-order valence-electron chi connectivity index (χ2n) is 5.66.